The first kappa shape index (κ1) is 25.1. The van der Waals surface area contributed by atoms with E-state index in [1.165, 1.54) is 38.8 Å². The van der Waals surface area contributed by atoms with E-state index in [2.05, 4.69) is 39.3 Å². The molecule has 29 heavy (non-hydrogen) atoms. The fraction of sp³-hybridized carbons (Fsp3) is 0.667. The van der Waals surface area contributed by atoms with E-state index in [1.54, 1.807) is 11.8 Å². The van der Waals surface area contributed by atoms with Crippen LogP contribution in [0.3, 0.4) is 0 Å². The van der Waals surface area contributed by atoms with Crippen LogP contribution in [0, 0.1) is 17.2 Å². The Balaban J connectivity index is 0.000000260. The quantitative estimate of drug-likeness (QED) is 0.744. The van der Waals surface area contributed by atoms with Crippen molar-refractivity contribution in [3.63, 3.8) is 0 Å². The number of nitriles is 1. The van der Waals surface area contributed by atoms with Crippen LogP contribution in [0.5, 0.6) is 0 Å². The van der Waals surface area contributed by atoms with Crippen LogP contribution in [0.15, 0.2) is 30.0 Å². The molecule has 0 spiro atoms. The monoisotopic (exact) mass is 399 g/mol. The fourth-order valence-electron chi connectivity index (χ4n) is 3.37. The Labute approximate surface area is 178 Å². The van der Waals surface area contributed by atoms with Crippen molar-refractivity contribution in [1.29, 1.82) is 5.26 Å². The first-order valence-corrected chi connectivity index (χ1v) is 11.4. The van der Waals surface area contributed by atoms with Crippen LogP contribution in [-0.2, 0) is 0 Å². The van der Waals surface area contributed by atoms with E-state index >= 15 is 0 Å². The Morgan fingerprint density at radius 1 is 1.10 bits per heavy atom. The lowest BCUT2D eigenvalue weighted by Crippen LogP contribution is -2.44. The predicted octanol–water partition coefficient (Wildman–Crippen LogP) is 4.46. The molecule has 2 aliphatic heterocycles. The van der Waals surface area contributed by atoms with Crippen molar-refractivity contribution in [2.24, 2.45) is 5.92 Å². The summed E-state index contributed by atoms with van der Waals surface area (Å²) in [4.78, 5) is 8.84. The molecule has 1 saturated carbocycles. The van der Waals surface area contributed by atoms with Gasteiger partial charge in [-0.05, 0) is 57.3 Å². The van der Waals surface area contributed by atoms with Gasteiger partial charge in [0.05, 0.1) is 5.56 Å². The lowest BCUT2D eigenvalue weighted by atomic mass is 9.89. The van der Waals surface area contributed by atoms with Gasteiger partial charge in [0.2, 0.25) is 0 Å². The molecule has 1 N–H and O–H groups in total. The van der Waals surface area contributed by atoms with E-state index in [4.69, 9.17) is 5.26 Å². The first-order chi connectivity index (χ1) is 14.2. The van der Waals surface area contributed by atoms with Crippen LogP contribution in [0.1, 0.15) is 58.9 Å². The number of anilines is 1. The average Bonchev–Trinajstić information content (AvgIpc) is 3.28. The topological polar surface area (TPSA) is 55.2 Å². The van der Waals surface area contributed by atoms with Crippen LogP contribution in [0.2, 0.25) is 0 Å². The summed E-state index contributed by atoms with van der Waals surface area (Å²) in [6.07, 6.45) is 9.71. The zero-order valence-electron chi connectivity index (χ0n) is 19.2. The number of hydrogen-bond acceptors (Lipinski definition) is 5. The molecule has 0 aromatic carbocycles. The Bertz CT molecular complexity index is 597. The van der Waals surface area contributed by atoms with Gasteiger partial charge >= 0.3 is 0 Å². The van der Waals surface area contributed by atoms with Crippen LogP contribution in [-0.4, -0.2) is 56.2 Å². The smallest absolute Gasteiger partial charge is 0.128 e. The van der Waals surface area contributed by atoms with E-state index in [9.17, 15) is 0 Å². The highest BCUT2D eigenvalue weighted by atomic mass is 15.3. The van der Waals surface area contributed by atoms with E-state index in [-0.39, 0.29) is 0 Å². The Morgan fingerprint density at radius 3 is 2.24 bits per heavy atom. The third kappa shape index (κ3) is 8.97. The molecule has 1 unspecified atom stereocenters. The third-order valence-electron chi connectivity index (χ3n) is 5.27. The van der Waals surface area contributed by atoms with Gasteiger partial charge in [0.25, 0.3) is 0 Å². The fourth-order valence-corrected chi connectivity index (χ4v) is 3.37. The van der Waals surface area contributed by atoms with E-state index in [0.717, 1.165) is 37.9 Å². The molecule has 162 valence electrons. The molecule has 1 aromatic heterocycles. The maximum absolute atomic E-state index is 8.66. The van der Waals surface area contributed by atoms with Crippen LogP contribution >= 0.6 is 0 Å². The van der Waals surface area contributed by atoms with Crippen LogP contribution in [0.25, 0.3) is 0 Å². The number of pyridine rings is 1. The second kappa shape index (κ2) is 15.0. The minimum absolute atomic E-state index is 0.618. The highest BCUT2D eigenvalue weighted by Gasteiger charge is 2.16. The van der Waals surface area contributed by atoms with Crippen LogP contribution in [0.4, 0.5) is 5.82 Å². The van der Waals surface area contributed by atoms with Gasteiger partial charge in [-0.25, -0.2) is 4.98 Å². The predicted molar refractivity (Wildman–Crippen MR) is 124 cm³/mol. The molecule has 0 bridgehead atoms. The Kier molecular flexibility index (Phi) is 13.0. The summed E-state index contributed by atoms with van der Waals surface area (Å²) in [6.45, 7) is 14.6. The summed E-state index contributed by atoms with van der Waals surface area (Å²) < 4.78 is 0. The summed E-state index contributed by atoms with van der Waals surface area (Å²) in [5.74, 6) is 1.84. The van der Waals surface area contributed by atoms with Gasteiger partial charge in [-0.1, -0.05) is 39.3 Å². The molecule has 2 saturated heterocycles. The summed E-state index contributed by atoms with van der Waals surface area (Å²) in [7, 11) is 2.13. The van der Waals surface area contributed by atoms with Gasteiger partial charge < -0.3 is 15.1 Å². The average molecular weight is 400 g/mol. The number of rotatable bonds is 2. The normalized spacial score (nSPS) is 20.5. The third-order valence-corrected chi connectivity index (χ3v) is 5.27. The zero-order valence-corrected chi connectivity index (χ0v) is 19.2. The van der Waals surface area contributed by atoms with E-state index in [0.29, 0.717) is 5.56 Å². The molecular formula is C24H41N5. The van der Waals surface area contributed by atoms with Gasteiger partial charge in [-0.2, -0.15) is 5.26 Å². The highest BCUT2D eigenvalue weighted by molar-refractivity contribution is 5.42. The summed E-state index contributed by atoms with van der Waals surface area (Å²) in [5, 5.41) is 12.0. The van der Waals surface area contributed by atoms with E-state index < -0.39 is 0 Å². The number of hydrogen-bond donors (Lipinski definition) is 1. The molecule has 3 fully saturated rings. The van der Waals surface area contributed by atoms with Crippen molar-refractivity contribution in [1.82, 2.24) is 15.2 Å². The van der Waals surface area contributed by atoms with Gasteiger partial charge in [0.1, 0.15) is 11.9 Å². The number of likely N-dealkylation sites (N-methyl/N-ethyl adjacent to an activating group) is 1. The second-order valence-electron chi connectivity index (χ2n) is 7.24. The van der Waals surface area contributed by atoms with Crippen LogP contribution < -0.4 is 10.2 Å². The van der Waals surface area contributed by atoms with Gasteiger partial charge in [0.15, 0.2) is 0 Å². The number of nitrogens with zero attached hydrogens (tertiary/aromatic N) is 4. The van der Waals surface area contributed by atoms with Gasteiger partial charge in [-0.15, -0.1) is 0 Å². The largest absolute Gasteiger partial charge is 0.354 e. The highest BCUT2D eigenvalue weighted by Crippen LogP contribution is 2.27. The maximum atomic E-state index is 8.66. The zero-order chi connectivity index (χ0) is 21.5. The van der Waals surface area contributed by atoms with Crippen molar-refractivity contribution in [2.75, 3.05) is 51.2 Å². The summed E-state index contributed by atoms with van der Waals surface area (Å²) in [5.41, 5.74) is 2.33. The summed E-state index contributed by atoms with van der Waals surface area (Å²) in [6, 6.07) is 5.82. The summed E-state index contributed by atoms with van der Waals surface area (Å²) >= 11 is 0. The molecule has 0 radical (unpaired) electrons. The minimum atomic E-state index is 0.618. The van der Waals surface area contributed by atoms with E-state index in [1.807, 2.05) is 39.8 Å². The molecule has 3 heterocycles. The minimum Gasteiger partial charge on any atom is -0.354 e. The maximum Gasteiger partial charge on any atom is 0.128 e. The molecule has 1 atom stereocenters. The number of nitrogens with one attached hydrogen (secondary N) is 1. The Hall–Kier alpha value is -1.90. The number of allylic oxidation sites excluding steroid dienone is 1. The van der Waals surface area contributed by atoms with Crippen molar-refractivity contribution < 1.29 is 0 Å². The Morgan fingerprint density at radius 2 is 1.79 bits per heavy atom. The molecule has 5 nitrogen and oxygen atoms in total. The lowest BCUT2D eigenvalue weighted by molar-refractivity contribution is 0.312. The van der Waals surface area contributed by atoms with Gasteiger partial charge in [-0.3, -0.25) is 0 Å². The number of piperazine rings is 1. The molecule has 1 aliphatic carbocycles. The molecule has 4 rings (SSSR count). The second-order valence-corrected chi connectivity index (χ2v) is 7.24. The molecule has 0 amide bonds. The molecule has 5 heteroatoms. The lowest BCUT2D eigenvalue weighted by Gasteiger charge is -2.33. The van der Waals surface area contributed by atoms with Crippen molar-refractivity contribution in [2.45, 2.75) is 53.4 Å². The number of aromatic nitrogens is 1. The van der Waals surface area contributed by atoms with Crippen molar-refractivity contribution in [3.05, 3.63) is 35.5 Å². The SMILES string of the molecule is C(=C1CCC1)C1CCNC1.CC.CC.CN1CCN(c2ccc(C#N)cn2)CC1. The molecular weight excluding hydrogens is 358 g/mol. The van der Waals surface area contributed by atoms with Gasteiger partial charge in [0, 0.05) is 38.9 Å². The van der Waals surface area contributed by atoms with Crippen molar-refractivity contribution in [3.8, 4) is 6.07 Å². The first-order valence-electron chi connectivity index (χ1n) is 11.4. The molecule has 3 aliphatic rings. The molecule has 1 aromatic rings. The van der Waals surface area contributed by atoms with Crippen molar-refractivity contribution >= 4 is 5.82 Å². The standard InChI is InChI=1S/C11H14N4.C9H15N.2C2H6/c1-14-4-6-15(7-5-14)11-3-2-10(8-12)9-13-11;1-2-8(3-1)6-9-4-5-10-7-9;2*1-2/h2-3,9H,4-7H2,1H3;6,9-10H,1-5,7H2;2*1-2H3.